The van der Waals surface area contributed by atoms with E-state index in [0.717, 1.165) is 5.56 Å². The number of carbonyl (C=O) groups is 1. The van der Waals surface area contributed by atoms with Crippen molar-refractivity contribution in [2.24, 2.45) is 5.92 Å². The molecule has 0 aliphatic carbocycles. The van der Waals surface area contributed by atoms with Crippen molar-refractivity contribution >= 4 is 5.78 Å². The van der Waals surface area contributed by atoms with Gasteiger partial charge in [-0.2, -0.15) is 5.26 Å². The second-order valence-electron chi connectivity index (χ2n) is 3.52. The van der Waals surface area contributed by atoms with Crippen molar-refractivity contribution in [1.82, 2.24) is 4.98 Å². The Morgan fingerprint density at radius 1 is 1.67 bits per heavy atom. The first-order chi connectivity index (χ1) is 7.20. The first kappa shape index (κ1) is 11.4. The lowest BCUT2D eigenvalue weighted by atomic mass is 9.92. The highest BCUT2D eigenvalue weighted by molar-refractivity contribution is 5.98. The molecule has 1 heterocycles. The number of aryl methyl sites for hydroxylation is 1. The fraction of sp³-hybridized carbons (Fsp3) is 0.417. The van der Waals surface area contributed by atoms with Gasteiger partial charge in [-0.05, 0) is 25.0 Å². The van der Waals surface area contributed by atoms with Crippen LogP contribution < -0.4 is 0 Å². The van der Waals surface area contributed by atoms with Crippen molar-refractivity contribution in [3.63, 3.8) is 0 Å². The molecule has 0 saturated heterocycles. The Morgan fingerprint density at radius 3 is 2.93 bits per heavy atom. The Balaban J connectivity index is 2.94. The molecule has 3 nitrogen and oxygen atoms in total. The zero-order chi connectivity index (χ0) is 11.3. The molecular weight excluding hydrogens is 188 g/mol. The number of nitrogens with zero attached hydrogens (tertiary/aromatic N) is 2. The Hall–Kier alpha value is -1.69. The average Bonchev–Trinajstić information content (AvgIpc) is 2.25. The molecule has 1 aromatic heterocycles. The highest BCUT2D eigenvalue weighted by Gasteiger charge is 2.19. The molecule has 0 aliphatic rings. The quantitative estimate of drug-likeness (QED) is 0.705. The van der Waals surface area contributed by atoms with E-state index in [4.69, 9.17) is 5.26 Å². The number of pyridine rings is 1. The summed E-state index contributed by atoms with van der Waals surface area (Å²) >= 11 is 0. The van der Waals surface area contributed by atoms with Gasteiger partial charge in [-0.25, -0.2) is 0 Å². The first-order valence-electron chi connectivity index (χ1n) is 5.02. The number of ketones is 1. The SMILES string of the molecule is CCC(CC#N)C(=O)c1cnccc1C. The van der Waals surface area contributed by atoms with Crippen molar-refractivity contribution in [2.45, 2.75) is 26.7 Å². The summed E-state index contributed by atoms with van der Waals surface area (Å²) < 4.78 is 0. The number of carbonyl (C=O) groups excluding carboxylic acids is 1. The molecule has 1 rings (SSSR count). The maximum Gasteiger partial charge on any atom is 0.168 e. The Kier molecular flexibility index (Phi) is 3.99. The van der Waals surface area contributed by atoms with Gasteiger partial charge in [0.2, 0.25) is 0 Å². The van der Waals surface area contributed by atoms with Gasteiger partial charge < -0.3 is 0 Å². The van der Waals surface area contributed by atoms with Gasteiger partial charge in [-0.3, -0.25) is 9.78 Å². The lowest BCUT2D eigenvalue weighted by Crippen LogP contribution is -2.14. The molecule has 78 valence electrons. The highest BCUT2D eigenvalue weighted by atomic mass is 16.1. The molecule has 15 heavy (non-hydrogen) atoms. The minimum absolute atomic E-state index is 0.0321. The molecule has 0 fully saturated rings. The van der Waals surface area contributed by atoms with Gasteiger partial charge in [0, 0.05) is 30.3 Å². The largest absolute Gasteiger partial charge is 0.294 e. The van der Waals surface area contributed by atoms with Crippen LogP contribution >= 0.6 is 0 Å². The number of Topliss-reactive ketones (excluding diaryl/α,β-unsaturated/α-hetero) is 1. The number of hydrogen-bond acceptors (Lipinski definition) is 3. The number of aromatic nitrogens is 1. The van der Waals surface area contributed by atoms with Crippen molar-refractivity contribution in [1.29, 1.82) is 5.26 Å². The first-order valence-corrected chi connectivity index (χ1v) is 5.02. The minimum atomic E-state index is -0.196. The molecule has 0 aromatic carbocycles. The minimum Gasteiger partial charge on any atom is -0.294 e. The van der Waals surface area contributed by atoms with E-state index < -0.39 is 0 Å². The number of rotatable bonds is 4. The summed E-state index contributed by atoms with van der Waals surface area (Å²) in [4.78, 5) is 15.9. The van der Waals surface area contributed by atoms with Gasteiger partial charge in [-0.15, -0.1) is 0 Å². The Labute approximate surface area is 89.8 Å². The zero-order valence-corrected chi connectivity index (χ0v) is 9.03. The summed E-state index contributed by atoms with van der Waals surface area (Å²) in [5.41, 5.74) is 1.56. The maximum absolute atomic E-state index is 12.0. The summed E-state index contributed by atoms with van der Waals surface area (Å²) in [6.45, 7) is 3.81. The molecule has 3 heteroatoms. The normalized spacial score (nSPS) is 11.8. The van der Waals surface area contributed by atoms with Crippen LogP contribution in [-0.2, 0) is 0 Å². The second-order valence-corrected chi connectivity index (χ2v) is 3.52. The lowest BCUT2D eigenvalue weighted by Gasteiger charge is -2.10. The van der Waals surface area contributed by atoms with Gasteiger partial charge in [0.25, 0.3) is 0 Å². The molecule has 0 bridgehead atoms. The summed E-state index contributed by atoms with van der Waals surface area (Å²) in [6.07, 6.45) is 4.22. The Bertz CT molecular complexity index is 393. The van der Waals surface area contributed by atoms with E-state index in [1.165, 1.54) is 0 Å². The van der Waals surface area contributed by atoms with Crippen LogP contribution in [-0.4, -0.2) is 10.8 Å². The van der Waals surface area contributed by atoms with Gasteiger partial charge in [0.15, 0.2) is 5.78 Å². The van der Waals surface area contributed by atoms with E-state index in [9.17, 15) is 4.79 Å². The van der Waals surface area contributed by atoms with Gasteiger partial charge in [0.1, 0.15) is 0 Å². The molecular formula is C12H14N2O. The topological polar surface area (TPSA) is 53.8 Å². The van der Waals surface area contributed by atoms with E-state index in [0.29, 0.717) is 12.0 Å². The van der Waals surface area contributed by atoms with Crippen LogP contribution in [0.15, 0.2) is 18.5 Å². The maximum atomic E-state index is 12.0. The molecule has 0 saturated carbocycles. The summed E-state index contributed by atoms with van der Waals surface area (Å²) in [6, 6.07) is 3.86. The average molecular weight is 202 g/mol. The van der Waals surface area contributed by atoms with Crippen LogP contribution in [0.2, 0.25) is 0 Å². The molecule has 0 radical (unpaired) electrons. The molecule has 1 atom stereocenters. The van der Waals surface area contributed by atoms with Crippen molar-refractivity contribution < 1.29 is 4.79 Å². The van der Waals surface area contributed by atoms with Crippen molar-refractivity contribution in [3.8, 4) is 6.07 Å². The van der Waals surface area contributed by atoms with Crippen LogP contribution in [0.5, 0.6) is 0 Å². The third-order valence-electron chi connectivity index (χ3n) is 2.51. The predicted octanol–water partition coefficient (Wildman–Crippen LogP) is 2.51. The summed E-state index contributed by atoms with van der Waals surface area (Å²) in [5, 5.41) is 8.62. The zero-order valence-electron chi connectivity index (χ0n) is 9.03. The molecule has 1 aromatic rings. The molecule has 0 N–H and O–H groups in total. The fourth-order valence-corrected chi connectivity index (χ4v) is 1.47. The lowest BCUT2D eigenvalue weighted by molar-refractivity contribution is 0.0917. The molecule has 0 aliphatic heterocycles. The van der Waals surface area contributed by atoms with Crippen LogP contribution in [0.1, 0.15) is 35.7 Å². The smallest absolute Gasteiger partial charge is 0.168 e. The van der Waals surface area contributed by atoms with E-state index in [-0.39, 0.29) is 18.1 Å². The van der Waals surface area contributed by atoms with Crippen LogP contribution in [0.4, 0.5) is 0 Å². The van der Waals surface area contributed by atoms with Gasteiger partial charge in [0.05, 0.1) is 6.07 Å². The standard InChI is InChI=1S/C12H14N2O/c1-3-10(4-6-13)12(15)11-8-14-7-5-9(11)2/h5,7-8,10H,3-4H2,1-2H3. The monoisotopic (exact) mass is 202 g/mol. The van der Waals surface area contributed by atoms with E-state index in [1.54, 1.807) is 12.4 Å². The number of nitriles is 1. The van der Waals surface area contributed by atoms with Crippen LogP contribution in [0, 0.1) is 24.2 Å². The third-order valence-corrected chi connectivity index (χ3v) is 2.51. The van der Waals surface area contributed by atoms with Crippen LogP contribution in [0.25, 0.3) is 0 Å². The van der Waals surface area contributed by atoms with Gasteiger partial charge in [-0.1, -0.05) is 6.92 Å². The fourth-order valence-electron chi connectivity index (χ4n) is 1.47. The molecule has 0 spiro atoms. The predicted molar refractivity (Wildman–Crippen MR) is 57.3 cm³/mol. The van der Waals surface area contributed by atoms with Crippen molar-refractivity contribution in [3.05, 3.63) is 29.6 Å². The van der Waals surface area contributed by atoms with Gasteiger partial charge >= 0.3 is 0 Å². The van der Waals surface area contributed by atoms with E-state index >= 15 is 0 Å². The van der Waals surface area contributed by atoms with Crippen molar-refractivity contribution in [2.75, 3.05) is 0 Å². The Morgan fingerprint density at radius 2 is 2.40 bits per heavy atom. The van der Waals surface area contributed by atoms with E-state index in [2.05, 4.69) is 4.98 Å². The summed E-state index contributed by atoms with van der Waals surface area (Å²) in [5.74, 6) is -0.164. The third kappa shape index (κ3) is 2.63. The van der Waals surface area contributed by atoms with E-state index in [1.807, 2.05) is 26.0 Å². The molecule has 1 unspecified atom stereocenters. The second kappa shape index (κ2) is 5.26. The summed E-state index contributed by atoms with van der Waals surface area (Å²) in [7, 11) is 0. The molecule has 0 amide bonds. The highest BCUT2D eigenvalue weighted by Crippen LogP contribution is 2.17. The number of hydrogen-bond donors (Lipinski definition) is 0. The van der Waals surface area contributed by atoms with Crippen LogP contribution in [0.3, 0.4) is 0 Å².